The van der Waals surface area contributed by atoms with Crippen LogP contribution in [0.3, 0.4) is 0 Å². The Balaban J connectivity index is 0.00000120. The van der Waals surface area contributed by atoms with Crippen molar-refractivity contribution in [1.29, 1.82) is 0 Å². The zero-order valence-corrected chi connectivity index (χ0v) is 11.3. The molecule has 0 spiro atoms. The quantitative estimate of drug-likeness (QED) is 0.890. The largest absolute Gasteiger partial charge is 0.325 e. The number of benzene rings is 1. The first-order valence-electron chi connectivity index (χ1n) is 5.70. The van der Waals surface area contributed by atoms with Gasteiger partial charge in [0.15, 0.2) is 0 Å². The Morgan fingerprint density at radius 2 is 2.39 bits per heavy atom. The van der Waals surface area contributed by atoms with Crippen LogP contribution in [0.1, 0.15) is 12.8 Å². The van der Waals surface area contributed by atoms with Gasteiger partial charge in [-0.1, -0.05) is 0 Å². The molecule has 2 N–H and O–H groups in total. The van der Waals surface area contributed by atoms with E-state index in [0.717, 1.165) is 35.3 Å². The number of aromatic nitrogens is 1. The lowest BCUT2D eigenvalue weighted by Gasteiger charge is -2.10. The molecule has 2 heterocycles. The zero-order chi connectivity index (χ0) is 11.7. The number of thiazole rings is 1. The number of nitrogens with one attached hydrogen (secondary N) is 2. The standard InChI is InChI=1S/C12H13N3OS.ClH/c16-12(10-2-1-5-13-10)15-8-3-4-9-11(6-8)17-7-14-9;/h3-4,6-7,10,13H,1-2,5H2,(H,15,16);1H/t10-;/m0./s1. The molecule has 1 atom stereocenters. The highest BCUT2D eigenvalue weighted by molar-refractivity contribution is 7.16. The number of halogens is 1. The maximum absolute atomic E-state index is 11.9. The molecule has 1 aliphatic heterocycles. The van der Waals surface area contributed by atoms with E-state index in [9.17, 15) is 4.79 Å². The Bertz CT molecular complexity index is 551. The van der Waals surface area contributed by atoms with Gasteiger partial charge in [0.05, 0.1) is 21.8 Å². The summed E-state index contributed by atoms with van der Waals surface area (Å²) in [7, 11) is 0. The highest BCUT2D eigenvalue weighted by atomic mass is 35.5. The molecule has 96 valence electrons. The van der Waals surface area contributed by atoms with Crippen molar-refractivity contribution in [3.63, 3.8) is 0 Å². The fourth-order valence-corrected chi connectivity index (χ4v) is 2.79. The molecular formula is C12H14ClN3OS. The zero-order valence-electron chi connectivity index (χ0n) is 9.68. The molecule has 3 rings (SSSR count). The summed E-state index contributed by atoms with van der Waals surface area (Å²) >= 11 is 1.58. The van der Waals surface area contributed by atoms with E-state index in [2.05, 4.69) is 15.6 Å². The van der Waals surface area contributed by atoms with E-state index in [4.69, 9.17) is 0 Å². The third-order valence-electron chi connectivity index (χ3n) is 2.98. The Kier molecular flexibility index (Phi) is 4.16. The summed E-state index contributed by atoms with van der Waals surface area (Å²) < 4.78 is 1.10. The average Bonchev–Trinajstić information content (AvgIpc) is 2.99. The van der Waals surface area contributed by atoms with Crippen molar-refractivity contribution in [3.05, 3.63) is 23.7 Å². The molecule has 6 heteroatoms. The van der Waals surface area contributed by atoms with Gasteiger partial charge in [-0.2, -0.15) is 0 Å². The van der Waals surface area contributed by atoms with Crippen molar-refractivity contribution in [2.24, 2.45) is 0 Å². The molecule has 0 saturated carbocycles. The summed E-state index contributed by atoms with van der Waals surface area (Å²) in [6.07, 6.45) is 2.00. The van der Waals surface area contributed by atoms with Crippen molar-refractivity contribution in [2.75, 3.05) is 11.9 Å². The normalized spacial score (nSPS) is 18.6. The first-order valence-corrected chi connectivity index (χ1v) is 6.58. The van der Waals surface area contributed by atoms with E-state index in [-0.39, 0.29) is 24.4 Å². The minimum Gasteiger partial charge on any atom is -0.325 e. The summed E-state index contributed by atoms with van der Waals surface area (Å²) in [6.45, 7) is 0.936. The lowest BCUT2D eigenvalue weighted by Crippen LogP contribution is -2.35. The van der Waals surface area contributed by atoms with E-state index in [0.29, 0.717) is 0 Å². The first-order chi connectivity index (χ1) is 8.33. The van der Waals surface area contributed by atoms with Gasteiger partial charge in [-0.15, -0.1) is 23.7 Å². The van der Waals surface area contributed by atoms with Crippen molar-refractivity contribution in [2.45, 2.75) is 18.9 Å². The van der Waals surface area contributed by atoms with E-state index in [1.54, 1.807) is 11.3 Å². The third-order valence-corrected chi connectivity index (χ3v) is 3.77. The van der Waals surface area contributed by atoms with Gasteiger partial charge in [-0.25, -0.2) is 4.98 Å². The SMILES string of the molecule is Cl.O=C(Nc1ccc2ncsc2c1)[C@@H]1CCCN1. The number of carbonyl (C=O) groups is 1. The van der Waals surface area contributed by atoms with E-state index < -0.39 is 0 Å². The highest BCUT2D eigenvalue weighted by Gasteiger charge is 2.21. The lowest BCUT2D eigenvalue weighted by atomic mass is 10.2. The second-order valence-corrected chi connectivity index (χ2v) is 5.06. The van der Waals surface area contributed by atoms with Gasteiger partial charge >= 0.3 is 0 Å². The van der Waals surface area contributed by atoms with Crippen molar-refractivity contribution in [1.82, 2.24) is 10.3 Å². The maximum atomic E-state index is 11.9. The molecule has 1 aromatic carbocycles. The predicted octanol–water partition coefficient (Wildman–Crippen LogP) is 2.41. The molecule has 1 aliphatic rings. The molecule has 18 heavy (non-hydrogen) atoms. The van der Waals surface area contributed by atoms with Crippen LogP contribution in [0.2, 0.25) is 0 Å². The first kappa shape index (κ1) is 13.3. The number of anilines is 1. The number of hydrogen-bond donors (Lipinski definition) is 2. The Labute approximate surface area is 115 Å². The summed E-state index contributed by atoms with van der Waals surface area (Å²) in [5.41, 5.74) is 3.64. The number of carbonyl (C=O) groups excluding carboxylic acids is 1. The van der Waals surface area contributed by atoms with Crippen LogP contribution in [-0.4, -0.2) is 23.5 Å². The molecule has 0 radical (unpaired) electrons. The Hall–Kier alpha value is -1.17. The van der Waals surface area contributed by atoms with Crippen molar-refractivity contribution in [3.8, 4) is 0 Å². The fourth-order valence-electron chi connectivity index (χ4n) is 2.07. The average molecular weight is 284 g/mol. The number of nitrogens with zero attached hydrogens (tertiary/aromatic N) is 1. The van der Waals surface area contributed by atoms with E-state index in [1.807, 2.05) is 23.7 Å². The Morgan fingerprint density at radius 1 is 1.50 bits per heavy atom. The van der Waals surface area contributed by atoms with Crippen LogP contribution in [0.5, 0.6) is 0 Å². The lowest BCUT2D eigenvalue weighted by molar-refractivity contribution is -0.117. The molecule has 0 unspecified atom stereocenters. The van der Waals surface area contributed by atoms with Crippen LogP contribution in [0.4, 0.5) is 5.69 Å². The molecule has 0 bridgehead atoms. The molecule has 4 nitrogen and oxygen atoms in total. The fraction of sp³-hybridized carbons (Fsp3) is 0.333. The second kappa shape index (κ2) is 5.65. The van der Waals surface area contributed by atoms with Gasteiger partial charge in [0, 0.05) is 5.69 Å². The number of hydrogen-bond acceptors (Lipinski definition) is 4. The van der Waals surface area contributed by atoms with Gasteiger partial charge in [0.2, 0.25) is 5.91 Å². The predicted molar refractivity (Wildman–Crippen MR) is 76.5 cm³/mol. The molecule has 2 aromatic rings. The smallest absolute Gasteiger partial charge is 0.241 e. The van der Waals surface area contributed by atoms with Crippen LogP contribution in [0.15, 0.2) is 23.7 Å². The molecular weight excluding hydrogens is 270 g/mol. The topological polar surface area (TPSA) is 54.0 Å². The molecule has 1 amide bonds. The van der Waals surface area contributed by atoms with Crippen LogP contribution >= 0.6 is 23.7 Å². The van der Waals surface area contributed by atoms with Crippen LogP contribution in [-0.2, 0) is 4.79 Å². The summed E-state index contributed by atoms with van der Waals surface area (Å²) in [4.78, 5) is 16.1. The Morgan fingerprint density at radius 3 is 3.17 bits per heavy atom. The summed E-state index contributed by atoms with van der Waals surface area (Å²) in [6, 6.07) is 5.77. The number of rotatable bonds is 2. The number of fused-ring (bicyclic) bond motifs is 1. The minimum atomic E-state index is -0.0350. The summed E-state index contributed by atoms with van der Waals surface area (Å²) in [5, 5.41) is 6.13. The van der Waals surface area contributed by atoms with Gasteiger partial charge in [-0.3, -0.25) is 4.79 Å². The van der Waals surface area contributed by atoms with E-state index >= 15 is 0 Å². The second-order valence-electron chi connectivity index (χ2n) is 4.17. The third kappa shape index (κ3) is 2.63. The monoisotopic (exact) mass is 283 g/mol. The van der Waals surface area contributed by atoms with Crippen LogP contribution < -0.4 is 10.6 Å². The van der Waals surface area contributed by atoms with Gasteiger partial charge in [0.25, 0.3) is 0 Å². The van der Waals surface area contributed by atoms with Gasteiger partial charge in [-0.05, 0) is 37.6 Å². The van der Waals surface area contributed by atoms with Gasteiger partial charge in [0.1, 0.15) is 0 Å². The minimum absolute atomic E-state index is 0. The molecule has 1 saturated heterocycles. The van der Waals surface area contributed by atoms with Crippen molar-refractivity contribution < 1.29 is 4.79 Å². The maximum Gasteiger partial charge on any atom is 0.241 e. The summed E-state index contributed by atoms with van der Waals surface area (Å²) in [5.74, 6) is 0.0614. The van der Waals surface area contributed by atoms with Crippen LogP contribution in [0.25, 0.3) is 10.2 Å². The van der Waals surface area contributed by atoms with Crippen LogP contribution in [0, 0.1) is 0 Å². The highest BCUT2D eigenvalue weighted by Crippen LogP contribution is 2.22. The number of amides is 1. The molecule has 1 fully saturated rings. The molecule has 1 aromatic heterocycles. The van der Waals surface area contributed by atoms with Gasteiger partial charge < -0.3 is 10.6 Å². The molecule has 0 aliphatic carbocycles. The van der Waals surface area contributed by atoms with E-state index in [1.165, 1.54) is 0 Å². The van der Waals surface area contributed by atoms with Crippen molar-refractivity contribution >= 4 is 45.6 Å².